The van der Waals surface area contributed by atoms with Crippen molar-refractivity contribution < 1.29 is 0 Å². The van der Waals surface area contributed by atoms with Gasteiger partial charge in [-0.05, 0) is 44.3 Å². The van der Waals surface area contributed by atoms with Gasteiger partial charge in [-0.2, -0.15) is 0 Å². The average molecular weight is 306 g/mol. The van der Waals surface area contributed by atoms with Crippen LogP contribution in [0.15, 0.2) is 54.9 Å². The van der Waals surface area contributed by atoms with E-state index in [0.717, 1.165) is 30.3 Å². The van der Waals surface area contributed by atoms with Gasteiger partial charge in [0, 0.05) is 31.2 Å². The second-order valence-corrected chi connectivity index (χ2v) is 6.10. The van der Waals surface area contributed by atoms with Crippen LogP contribution in [-0.4, -0.2) is 33.5 Å². The van der Waals surface area contributed by atoms with Gasteiger partial charge in [-0.1, -0.05) is 30.3 Å². The quantitative estimate of drug-likeness (QED) is 0.725. The average Bonchev–Trinajstić information content (AvgIpc) is 2.97. The Hall–Kier alpha value is -2.46. The van der Waals surface area contributed by atoms with Crippen molar-refractivity contribution in [3.63, 3.8) is 0 Å². The molecule has 0 spiro atoms. The molecule has 0 aliphatic rings. The third-order valence-corrected chi connectivity index (χ3v) is 3.71. The van der Waals surface area contributed by atoms with E-state index in [4.69, 9.17) is 0 Å². The van der Waals surface area contributed by atoms with E-state index in [0.29, 0.717) is 0 Å². The number of pyridine rings is 1. The summed E-state index contributed by atoms with van der Waals surface area (Å²) in [5, 5.41) is 0. The molecule has 0 saturated heterocycles. The highest BCUT2D eigenvalue weighted by Crippen LogP contribution is 2.17. The van der Waals surface area contributed by atoms with Crippen LogP contribution in [0.3, 0.4) is 0 Å². The number of hydrogen-bond donors (Lipinski definition) is 0. The van der Waals surface area contributed by atoms with Crippen LogP contribution in [0.1, 0.15) is 16.8 Å². The van der Waals surface area contributed by atoms with Gasteiger partial charge in [0.05, 0.1) is 0 Å². The molecule has 0 N–H and O–H groups in total. The molecule has 0 unspecified atom stereocenters. The third kappa shape index (κ3) is 3.85. The molecule has 0 aliphatic heterocycles. The Labute approximate surface area is 137 Å². The normalized spacial score (nSPS) is 11.1. The second-order valence-electron chi connectivity index (χ2n) is 6.10. The van der Waals surface area contributed by atoms with Crippen molar-refractivity contribution >= 4 is 0 Å². The number of hydrogen-bond acceptors (Lipinski definition) is 3. The molecule has 4 nitrogen and oxygen atoms in total. The maximum atomic E-state index is 4.58. The maximum absolute atomic E-state index is 4.58. The molecule has 0 radical (unpaired) electrons. The smallest absolute Gasteiger partial charge is 0.158 e. The van der Waals surface area contributed by atoms with Crippen LogP contribution in [0.25, 0.3) is 11.5 Å². The van der Waals surface area contributed by atoms with E-state index >= 15 is 0 Å². The van der Waals surface area contributed by atoms with Gasteiger partial charge in [-0.3, -0.25) is 0 Å². The standard InChI is InChI=1S/C19H22N4/c1-15-5-4-6-18(21-15)19-20-11-12-23(19)14-17-9-7-16(8-10-17)13-22(2)3/h4-12H,13-14H2,1-3H3. The lowest BCUT2D eigenvalue weighted by molar-refractivity contribution is 0.402. The summed E-state index contributed by atoms with van der Waals surface area (Å²) in [5.74, 6) is 0.908. The van der Waals surface area contributed by atoms with Gasteiger partial charge in [-0.25, -0.2) is 9.97 Å². The SMILES string of the molecule is Cc1cccc(-c2nccn2Cc2ccc(CN(C)C)cc2)n1. The van der Waals surface area contributed by atoms with E-state index in [1.807, 2.05) is 37.5 Å². The maximum Gasteiger partial charge on any atom is 0.158 e. The molecular weight excluding hydrogens is 284 g/mol. The number of rotatable bonds is 5. The monoisotopic (exact) mass is 306 g/mol. The van der Waals surface area contributed by atoms with Crippen LogP contribution in [-0.2, 0) is 13.1 Å². The van der Waals surface area contributed by atoms with Gasteiger partial charge in [-0.15, -0.1) is 0 Å². The Kier molecular flexibility index (Phi) is 4.53. The van der Waals surface area contributed by atoms with Crippen molar-refractivity contribution in [3.8, 4) is 11.5 Å². The Morgan fingerprint density at radius 3 is 2.43 bits per heavy atom. The first-order chi connectivity index (χ1) is 11.1. The van der Waals surface area contributed by atoms with Crippen LogP contribution in [0, 0.1) is 6.92 Å². The lowest BCUT2D eigenvalue weighted by atomic mass is 10.1. The van der Waals surface area contributed by atoms with Crippen LogP contribution >= 0.6 is 0 Å². The summed E-state index contributed by atoms with van der Waals surface area (Å²) in [4.78, 5) is 11.2. The lowest BCUT2D eigenvalue weighted by Gasteiger charge is -2.11. The highest BCUT2D eigenvalue weighted by Gasteiger charge is 2.08. The van der Waals surface area contributed by atoms with E-state index in [1.54, 1.807) is 0 Å². The van der Waals surface area contributed by atoms with Crippen LogP contribution < -0.4 is 0 Å². The van der Waals surface area contributed by atoms with Gasteiger partial charge in [0.2, 0.25) is 0 Å². The summed E-state index contributed by atoms with van der Waals surface area (Å²) in [5.41, 5.74) is 4.51. The minimum atomic E-state index is 0.799. The zero-order valence-electron chi connectivity index (χ0n) is 13.9. The van der Waals surface area contributed by atoms with Crippen molar-refractivity contribution in [2.75, 3.05) is 14.1 Å². The van der Waals surface area contributed by atoms with Gasteiger partial charge in [0.1, 0.15) is 5.69 Å². The summed E-state index contributed by atoms with van der Waals surface area (Å²) < 4.78 is 2.14. The summed E-state index contributed by atoms with van der Waals surface area (Å²) in [6.07, 6.45) is 3.84. The number of aryl methyl sites for hydroxylation is 1. The largest absolute Gasteiger partial charge is 0.325 e. The molecule has 4 heteroatoms. The van der Waals surface area contributed by atoms with Crippen LogP contribution in [0.5, 0.6) is 0 Å². The molecule has 0 fully saturated rings. The molecule has 0 atom stereocenters. The van der Waals surface area contributed by atoms with Gasteiger partial charge >= 0.3 is 0 Å². The summed E-state index contributed by atoms with van der Waals surface area (Å²) in [6, 6.07) is 14.8. The fourth-order valence-electron chi connectivity index (χ4n) is 2.65. The Bertz CT molecular complexity index is 772. The molecule has 3 rings (SSSR count). The number of aromatic nitrogens is 3. The van der Waals surface area contributed by atoms with E-state index in [-0.39, 0.29) is 0 Å². The molecule has 2 aromatic heterocycles. The summed E-state index contributed by atoms with van der Waals surface area (Å²) >= 11 is 0. The van der Waals surface area contributed by atoms with E-state index < -0.39 is 0 Å². The first-order valence-corrected chi connectivity index (χ1v) is 7.79. The third-order valence-electron chi connectivity index (χ3n) is 3.71. The fraction of sp³-hybridized carbons (Fsp3) is 0.263. The van der Waals surface area contributed by atoms with Crippen LogP contribution in [0.2, 0.25) is 0 Å². The number of nitrogens with zero attached hydrogens (tertiary/aromatic N) is 4. The molecule has 2 heterocycles. The highest BCUT2D eigenvalue weighted by molar-refractivity contribution is 5.50. The first kappa shape index (κ1) is 15.4. The van der Waals surface area contributed by atoms with Gasteiger partial charge < -0.3 is 9.47 Å². The predicted octanol–water partition coefficient (Wildman–Crippen LogP) is 3.36. The van der Waals surface area contributed by atoms with E-state index in [2.05, 4.69) is 57.8 Å². The minimum absolute atomic E-state index is 0.799. The molecule has 0 amide bonds. The van der Waals surface area contributed by atoms with Gasteiger partial charge in [0.25, 0.3) is 0 Å². The molecule has 118 valence electrons. The first-order valence-electron chi connectivity index (χ1n) is 7.79. The van der Waals surface area contributed by atoms with Crippen molar-refractivity contribution in [1.82, 2.24) is 19.4 Å². The molecule has 0 bridgehead atoms. The van der Waals surface area contributed by atoms with Crippen molar-refractivity contribution in [3.05, 3.63) is 71.7 Å². The molecule has 1 aromatic carbocycles. The summed E-state index contributed by atoms with van der Waals surface area (Å²) in [6.45, 7) is 3.76. The number of benzene rings is 1. The fourth-order valence-corrected chi connectivity index (χ4v) is 2.65. The molecular formula is C19H22N4. The van der Waals surface area contributed by atoms with Crippen LogP contribution in [0.4, 0.5) is 0 Å². The topological polar surface area (TPSA) is 34.0 Å². The van der Waals surface area contributed by atoms with Crippen molar-refractivity contribution in [1.29, 1.82) is 0 Å². The lowest BCUT2D eigenvalue weighted by Crippen LogP contribution is -2.10. The molecule has 23 heavy (non-hydrogen) atoms. The molecule has 0 aliphatic carbocycles. The van der Waals surface area contributed by atoms with E-state index in [9.17, 15) is 0 Å². The summed E-state index contributed by atoms with van der Waals surface area (Å²) in [7, 11) is 4.17. The highest BCUT2D eigenvalue weighted by atomic mass is 15.1. The Morgan fingerprint density at radius 2 is 1.74 bits per heavy atom. The molecule has 0 saturated carbocycles. The van der Waals surface area contributed by atoms with Gasteiger partial charge in [0.15, 0.2) is 5.82 Å². The predicted molar refractivity (Wildman–Crippen MR) is 93.1 cm³/mol. The zero-order chi connectivity index (χ0) is 16.2. The second kappa shape index (κ2) is 6.75. The number of imidazole rings is 1. The minimum Gasteiger partial charge on any atom is -0.325 e. The van der Waals surface area contributed by atoms with Crippen molar-refractivity contribution in [2.45, 2.75) is 20.0 Å². The van der Waals surface area contributed by atoms with E-state index in [1.165, 1.54) is 11.1 Å². The zero-order valence-corrected chi connectivity index (χ0v) is 13.9. The Morgan fingerprint density at radius 1 is 1.00 bits per heavy atom. The van der Waals surface area contributed by atoms with Crippen molar-refractivity contribution in [2.24, 2.45) is 0 Å². The molecule has 3 aromatic rings. The Balaban J connectivity index is 1.80.